The smallest absolute Gasteiger partial charge is 0.223 e. The number of hydrogen-bond acceptors (Lipinski definition) is 5. The van der Waals surface area contributed by atoms with E-state index in [-0.39, 0.29) is 5.95 Å². The van der Waals surface area contributed by atoms with E-state index in [9.17, 15) is 0 Å². The molecule has 0 spiro atoms. The second kappa shape index (κ2) is 4.66. The predicted octanol–water partition coefficient (Wildman–Crippen LogP) is 1.24. The van der Waals surface area contributed by atoms with Crippen molar-refractivity contribution in [3.05, 3.63) is 11.2 Å². The lowest BCUT2D eigenvalue weighted by molar-refractivity contribution is 0.205. The van der Waals surface area contributed by atoms with E-state index in [1.165, 1.54) is 0 Å². The van der Waals surface area contributed by atoms with Crippen molar-refractivity contribution >= 4 is 23.4 Å². The fourth-order valence-corrected chi connectivity index (χ4v) is 2.37. The molecule has 1 saturated heterocycles. The molecule has 17 heavy (non-hydrogen) atoms. The van der Waals surface area contributed by atoms with E-state index in [2.05, 4.69) is 40.7 Å². The van der Waals surface area contributed by atoms with Gasteiger partial charge in [-0.15, -0.1) is 0 Å². The number of likely N-dealkylation sites (N-methyl/N-ethyl adjacent to an activating group) is 1. The third-order valence-electron chi connectivity index (χ3n) is 3.29. The van der Waals surface area contributed by atoms with Crippen molar-refractivity contribution in [1.82, 2.24) is 14.9 Å². The van der Waals surface area contributed by atoms with Gasteiger partial charge in [0, 0.05) is 31.2 Å². The maximum atomic E-state index is 5.91. The van der Waals surface area contributed by atoms with Crippen LogP contribution in [-0.2, 0) is 0 Å². The van der Waals surface area contributed by atoms with Gasteiger partial charge in [-0.3, -0.25) is 4.90 Å². The van der Waals surface area contributed by atoms with Crippen LogP contribution in [0.4, 0.5) is 11.8 Å². The summed E-state index contributed by atoms with van der Waals surface area (Å²) in [5, 5.41) is 0.395. The van der Waals surface area contributed by atoms with Crippen molar-refractivity contribution in [3.63, 3.8) is 0 Å². The molecule has 0 amide bonds. The molecule has 2 atom stereocenters. The van der Waals surface area contributed by atoms with E-state index in [0.29, 0.717) is 17.2 Å². The van der Waals surface area contributed by atoms with E-state index in [0.717, 1.165) is 18.9 Å². The lowest BCUT2D eigenvalue weighted by atomic mass is 10.1. The Balaban J connectivity index is 2.26. The van der Waals surface area contributed by atoms with Crippen LogP contribution in [0.15, 0.2) is 6.07 Å². The maximum absolute atomic E-state index is 5.91. The van der Waals surface area contributed by atoms with Crippen molar-refractivity contribution in [3.8, 4) is 0 Å². The van der Waals surface area contributed by atoms with Gasteiger partial charge in [0.25, 0.3) is 0 Å². The van der Waals surface area contributed by atoms with E-state index >= 15 is 0 Å². The summed E-state index contributed by atoms with van der Waals surface area (Å²) >= 11 is 5.91. The zero-order valence-electron chi connectivity index (χ0n) is 10.4. The molecule has 2 rings (SSSR count). The Labute approximate surface area is 107 Å². The molecule has 0 saturated carbocycles. The molecular weight excluding hydrogens is 238 g/mol. The van der Waals surface area contributed by atoms with Gasteiger partial charge in [0.2, 0.25) is 5.95 Å². The minimum atomic E-state index is 0.228. The molecule has 2 heterocycles. The second-order valence-electron chi connectivity index (χ2n) is 4.70. The van der Waals surface area contributed by atoms with Gasteiger partial charge in [-0.1, -0.05) is 11.6 Å². The van der Waals surface area contributed by atoms with E-state index < -0.39 is 0 Å². The van der Waals surface area contributed by atoms with Gasteiger partial charge in [-0.2, -0.15) is 4.98 Å². The monoisotopic (exact) mass is 255 g/mol. The van der Waals surface area contributed by atoms with Crippen LogP contribution in [0.25, 0.3) is 0 Å². The number of aromatic nitrogens is 2. The third-order valence-corrected chi connectivity index (χ3v) is 3.48. The SMILES string of the molecule is C[C@H]1CN(c2cc(Cl)nc(N)n2)[C@@H](C)CN1C. The van der Waals surface area contributed by atoms with Crippen molar-refractivity contribution in [2.24, 2.45) is 0 Å². The molecule has 5 nitrogen and oxygen atoms in total. The van der Waals surface area contributed by atoms with E-state index in [1.54, 1.807) is 6.07 Å². The van der Waals surface area contributed by atoms with Gasteiger partial charge in [0.05, 0.1) is 0 Å². The van der Waals surface area contributed by atoms with Crippen LogP contribution in [0.2, 0.25) is 5.15 Å². The van der Waals surface area contributed by atoms with Crippen LogP contribution in [0.1, 0.15) is 13.8 Å². The molecule has 94 valence electrons. The zero-order valence-corrected chi connectivity index (χ0v) is 11.1. The van der Waals surface area contributed by atoms with Crippen LogP contribution in [0, 0.1) is 0 Å². The number of nitrogens with two attached hydrogens (primary N) is 1. The first-order valence-electron chi connectivity index (χ1n) is 5.74. The molecule has 1 fully saturated rings. The molecule has 1 aliphatic rings. The van der Waals surface area contributed by atoms with Gasteiger partial charge < -0.3 is 10.6 Å². The lowest BCUT2D eigenvalue weighted by Crippen LogP contribution is -2.55. The minimum absolute atomic E-state index is 0.228. The fraction of sp³-hybridized carbons (Fsp3) is 0.636. The molecule has 2 N–H and O–H groups in total. The Morgan fingerprint density at radius 3 is 2.65 bits per heavy atom. The van der Waals surface area contributed by atoms with Crippen LogP contribution in [0.5, 0.6) is 0 Å². The first kappa shape index (κ1) is 12.4. The Hall–Kier alpha value is -1.07. The minimum Gasteiger partial charge on any atom is -0.368 e. The van der Waals surface area contributed by atoms with Gasteiger partial charge in [0.15, 0.2) is 0 Å². The van der Waals surface area contributed by atoms with Crippen molar-refractivity contribution in [1.29, 1.82) is 0 Å². The highest BCUT2D eigenvalue weighted by Crippen LogP contribution is 2.23. The van der Waals surface area contributed by atoms with Crippen molar-refractivity contribution in [2.45, 2.75) is 25.9 Å². The Morgan fingerprint density at radius 1 is 1.29 bits per heavy atom. The number of hydrogen-bond donors (Lipinski definition) is 1. The van der Waals surface area contributed by atoms with Gasteiger partial charge >= 0.3 is 0 Å². The largest absolute Gasteiger partial charge is 0.368 e. The molecule has 1 aromatic heterocycles. The molecule has 1 aliphatic heterocycles. The molecule has 0 unspecified atom stereocenters. The Morgan fingerprint density at radius 2 is 2.00 bits per heavy atom. The highest BCUT2D eigenvalue weighted by atomic mass is 35.5. The van der Waals surface area contributed by atoms with Crippen LogP contribution < -0.4 is 10.6 Å². The normalized spacial score (nSPS) is 26.2. The number of piperazine rings is 1. The van der Waals surface area contributed by atoms with Gasteiger partial charge in [-0.05, 0) is 20.9 Å². The van der Waals surface area contributed by atoms with Crippen LogP contribution in [-0.4, -0.2) is 47.1 Å². The van der Waals surface area contributed by atoms with Gasteiger partial charge in [-0.25, -0.2) is 4.98 Å². The van der Waals surface area contributed by atoms with Gasteiger partial charge in [0.1, 0.15) is 11.0 Å². The molecule has 0 aliphatic carbocycles. The van der Waals surface area contributed by atoms with E-state index in [4.69, 9.17) is 17.3 Å². The van der Waals surface area contributed by atoms with Crippen molar-refractivity contribution in [2.75, 3.05) is 30.8 Å². The number of halogens is 1. The average Bonchev–Trinajstić information content (AvgIpc) is 2.22. The summed E-state index contributed by atoms with van der Waals surface area (Å²) < 4.78 is 0. The third kappa shape index (κ3) is 2.61. The number of nitrogens with zero attached hydrogens (tertiary/aromatic N) is 4. The summed E-state index contributed by atoms with van der Waals surface area (Å²) in [6, 6.07) is 2.65. The molecular formula is C11H18ClN5. The summed E-state index contributed by atoms with van der Waals surface area (Å²) in [5.74, 6) is 1.04. The summed E-state index contributed by atoms with van der Waals surface area (Å²) in [6.45, 7) is 6.30. The second-order valence-corrected chi connectivity index (χ2v) is 5.08. The fourth-order valence-electron chi connectivity index (χ4n) is 2.19. The quantitative estimate of drug-likeness (QED) is 0.766. The first-order chi connectivity index (χ1) is 7.97. The van der Waals surface area contributed by atoms with Crippen LogP contribution >= 0.6 is 11.6 Å². The lowest BCUT2D eigenvalue weighted by Gasteiger charge is -2.43. The zero-order chi connectivity index (χ0) is 12.6. The van der Waals surface area contributed by atoms with E-state index in [1.807, 2.05) is 0 Å². The number of nitrogen functional groups attached to an aromatic ring is 1. The number of rotatable bonds is 1. The maximum Gasteiger partial charge on any atom is 0.223 e. The highest BCUT2D eigenvalue weighted by molar-refractivity contribution is 6.29. The predicted molar refractivity (Wildman–Crippen MR) is 70.4 cm³/mol. The summed E-state index contributed by atoms with van der Waals surface area (Å²) in [6.07, 6.45) is 0. The average molecular weight is 256 g/mol. The molecule has 0 radical (unpaired) electrons. The van der Waals surface area contributed by atoms with Crippen LogP contribution in [0.3, 0.4) is 0 Å². The standard InChI is InChI=1S/C11H18ClN5/c1-7-6-17(8(2)5-16(7)3)10-4-9(12)14-11(13)15-10/h4,7-8H,5-6H2,1-3H3,(H2,13,14,15)/t7-,8-/m0/s1. The highest BCUT2D eigenvalue weighted by Gasteiger charge is 2.27. The topological polar surface area (TPSA) is 58.3 Å². The summed E-state index contributed by atoms with van der Waals surface area (Å²) in [4.78, 5) is 12.7. The number of anilines is 2. The summed E-state index contributed by atoms with van der Waals surface area (Å²) in [5.41, 5.74) is 5.63. The molecule has 1 aromatic rings. The molecule has 0 bridgehead atoms. The Bertz CT molecular complexity index is 391. The molecule has 6 heteroatoms. The first-order valence-corrected chi connectivity index (χ1v) is 6.12. The Kier molecular flexibility index (Phi) is 3.40. The molecule has 0 aromatic carbocycles. The van der Waals surface area contributed by atoms with Crippen molar-refractivity contribution < 1.29 is 0 Å². The summed E-state index contributed by atoms with van der Waals surface area (Å²) in [7, 11) is 2.14.